The van der Waals surface area contributed by atoms with Crippen LogP contribution in [0.5, 0.6) is 11.5 Å². The molecule has 134 valence electrons. The lowest BCUT2D eigenvalue weighted by atomic mass is 10.1. The second kappa shape index (κ2) is 7.98. The van der Waals surface area contributed by atoms with Crippen molar-refractivity contribution in [2.24, 2.45) is 0 Å². The van der Waals surface area contributed by atoms with Gasteiger partial charge in [-0.25, -0.2) is 0 Å². The molecule has 0 atom stereocenters. The maximum Gasteiger partial charge on any atom is 0.266 e. The lowest BCUT2D eigenvalue weighted by Crippen LogP contribution is -2.27. The number of phenols is 1. The minimum Gasteiger partial charge on any atom is -0.504 e. The van der Waals surface area contributed by atoms with Crippen molar-refractivity contribution in [3.8, 4) is 11.5 Å². The second-order valence-electron chi connectivity index (χ2n) is 5.81. The van der Waals surface area contributed by atoms with Gasteiger partial charge in [-0.15, -0.1) is 0 Å². The topological polar surface area (TPSA) is 49.8 Å². The number of aryl methyl sites for hydroxylation is 1. The fraction of sp³-hybridized carbons (Fsp3) is 0.158. The van der Waals surface area contributed by atoms with Gasteiger partial charge in [0.1, 0.15) is 4.32 Å². The van der Waals surface area contributed by atoms with Crippen LogP contribution in [0.3, 0.4) is 0 Å². The molecular formula is C19H16INO3S2. The van der Waals surface area contributed by atoms with Gasteiger partial charge in [-0.2, -0.15) is 0 Å². The molecule has 1 saturated heterocycles. The van der Waals surface area contributed by atoms with E-state index in [-0.39, 0.29) is 11.7 Å². The minimum absolute atomic E-state index is 0.0946. The number of hydrogen-bond acceptors (Lipinski definition) is 5. The monoisotopic (exact) mass is 497 g/mol. The number of thioether (sulfide) groups is 1. The van der Waals surface area contributed by atoms with Crippen LogP contribution in [0, 0.1) is 10.5 Å². The molecule has 1 heterocycles. The third-order valence-electron chi connectivity index (χ3n) is 3.90. The zero-order chi connectivity index (χ0) is 18.8. The van der Waals surface area contributed by atoms with Gasteiger partial charge in [0.2, 0.25) is 0 Å². The molecule has 4 nitrogen and oxygen atoms in total. The first-order valence-electron chi connectivity index (χ1n) is 7.76. The SMILES string of the molecule is COc1cc(/C=C2\SC(=S)N(Cc3ccc(C)cc3)C2=O)cc(I)c1O. The lowest BCUT2D eigenvalue weighted by molar-refractivity contribution is -0.122. The Morgan fingerprint density at radius 3 is 2.65 bits per heavy atom. The Morgan fingerprint density at radius 1 is 1.31 bits per heavy atom. The van der Waals surface area contributed by atoms with Crippen molar-refractivity contribution in [1.29, 1.82) is 0 Å². The van der Waals surface area contributed by atoms with Gasteiger partial charge in [0.25, 0.3) is 5.91 Å². The van der Waals surface area contributed by atoms with Crippen molar-refractivity contribution < 1.29 is 14.6 Å². The van der Waals surface area contributed by atoms with Gasteiger partial charge in [0.15, 0.2) is 11.5 Å². The van der Waals surface area contributed by atoms with Crippen LogP contribution in [0.2, 0.25) is 0 Å². The van der Waals surface area contributed by atoms with Crippen LogP contribution in [-0.4, -0.2) is 27.3 Å². The lowest BCUT2D eigenvalue weighted by Gasteiger charge is -2.14. The number of aromatic hydroxyl groups is 1. The summed E-state index contributed by atoms with van der Waals surface area (Å²) in [5.74, 6) is 0.359. The number of phenolic OH excluding ortho intramolecular Hbond substituents is 1. The van der Waals surface area contributed by atoms with Crippen LogP contribution in [0.4, 0.5) is 0 Å². The minimum atomic E-state index is -0.109. The summed E-state index contributed by atoms with van der Waals surface area (Å²) in [5.41, 5.74) is 2.99. The number of carbonyl (C=O) groups is 1. The number of carbonyl (C=O) groups excluding carboxylic acids is 1. The molecule has 0 radical (unpaired) electrons. The Bertz CT molecular complexity index is 910. The Kier molecular flexibility index (Phi) is 5.89. The smallest absolute Gasteiger partial charge is 0.266 e. The van der Waals surface area contributed by atoms with Crippen molar-refractivity contribution in [3.05, 3.63) is 61.6 Å². The fourth-order valence-electron chi connectivity index (χ4n) is 2.50. The largest absolute Gasteiger partial charge is 0.504 e. The quantitative estimate of drug-likeness (QED) is 0.377. The number of thiocarbonyl (C=S) groups is 1. The molecule has 7 heteroatoms. The third kappa shape index (κ3) is 4.05. The molecule has 1 aliphatic rings. The highest BCUT2D eigenvalue weighted by molar-refractivity contribution is 14.1. The van der Waals surface area contributed by atoms with E-state index in [0.29, 0.717) is 25.1 Å². The van der Waals surface area contributed by atoms with Gasteiger partial charge in [-0.1, -0.05) is 53.8 Å². The van der Waals surface area contributed by atoms with E-state index >= 15 is 0 Å². The standard InChI is InChI=1S/C19H16INO3S2/c1-11-3-5-12(6-4-11)10-21-18(23)16(26-19(21)25)9-13-7-14(20)17(22)15(8-13)24-2/h3-9,22H,10H2,1-2H3/b16-9-. The van der Waals surface area contributed by atoms with Gasteiger partial charge in [-0.3, -0.25) is 9.69 Å². The predicted molar refractivity (Wildman–Crippen MR) is 117 cm³/mol. The zero-order valence-electron chi connectivity index (χ0n) is 14.2. The van der Waals surface area contributed by atoms with Crippen LogP contribution < -0.4 is 4.74 Å². The Balaban J connectivity index is 1.85. The third-order valence-corrected chi connectivity index (χ3v) is 6.10. The summed E-state index contributed by atoms with van der Waals surface area (Å²) >= 11 is 8.71. The van der Waals surface area contributed by atoms with E-state index in [4.69, 9.17) is 17.0 Å². The molecule has 0 spiro atoms. The number of nitrogens with zero attached hydrogens (tertiary/aromatic N) is 1. The molecule has 0 saturated carbocycles. The Labute approximate surface area is 175 Å². The molecule has 26 heavy (non-hydrogen) atoms. The van der Waals surface area contributed by atoms with Crippen molar-refractivity contribution in [1.82, 2.24) is 4.90 Å². The van der Waals surface area contributed by atoms with Crippen molar-refractivity contribution in [3.63, 3.8) is 0 Å². The van der Waals surface area contributed by atoms with Gasteiger partial charge >= 0.3 is 0 Å². The first-order chi connectivity index (χ1) is 12.4. The fourth-order valence-corrected chi connectivity index (χ4v) is 4.38. The highest BCUT2D eigenvalue weighted by Crippen LogP contribution is 2.37. The van der Waals surface area contributed by atoms with Gasteiger partial charge < -0.3 is 9.84 Å². The van der Waals surface area contributed by atoms with E-state index < -0.39 is 0 Å². The summed E-state index contributed by atoms with van der Waals surface area (Å²) in [4.78, 5) is 14.9. The summed E-state index contributed by atoms with van der Waals surface area (Å²) in [7, 11) is 1.50. The highest BCUT2D eigenvalue weighted by atomic mass is 127. The number of hydrogen-bond donors (Lipinski definition) is 1. The summed E-state index contributed by atoms with van der Waals surface area (Å²) in [5, 5.41) is 9.95. The molecule has 1 aliphatic heterocycles. The van der Waals surface area contributed by atoms with Gasteiger partial charge in [0.05, 0.1) is 22.1 Å². The molecule has 1 fully saturated rings. The maximum atomic E-state index is 12.8. The summed E-state index contributed by atoms with van der Waals surface area (Å²) in [6, 6.07) is 11.5. The molecule has 1 N–H and O–H groups in total. The number of ether oxygens (including phenoxy) is 1. The van der Waals surface area contributed by atoms with E-state index in [2.05, 4.69) is 0 Å². The molecule has 1 amide bonds. The molecular weight excluding hydrogens is 481 g/mol. The first-order valence-corrected chi connectivity index (χ1v) is 10.1. The maximum absolute atomic E-state index is 12.8. The molecule has 3 rings (SSSR count). The number of rotatable bonds is 4. The zero-order valence-corrected chi connectivity index (χ0v) is 17.9. The van der Waals surface area contributed by atoms with Gasteiger partial charge in [0, 0.05) is 0 Å². The average Bonchev–Trinajstić information content (AvgIpc) is 2.87. The summed E-state index contributed by atoms with van der Waals surface area (Å²) in [6.07, 6.45) is 1.78. The van der Waals surface area contributed by atoms with E-state index in [1.54, 1.807) is 23.1 Å². The Morgan fingerprint density at radius 2 is 2.00 bits per heavy atom. The number of amides is 1. The van der Waals surface area contributed by atoms with Crippen molar-refractivity contribution >= 4 is 62.9 Å². The highest BCUT2D eigenvalue weighted by Gasteiger charge is 2.32. The van der Waals surface area contributed by atoms with Crippen LogP contribution in [0.1, 0.15) is 16.7 Å². The molecule has 0 aliphatic carbocycles. The van der Waals surface area contributed by atoms with Crippen molar-refractivity contribution in [2.45, 2.75) is 13.5 Å². The number of benzene rings is 2. The molecule has 0 aromatic heterocycles. The number of methoxy groups -OCH3 is 1. The van der Waals surface area contributed by atoms with Crippen LogP contribution in [-0.2, 0) is 11.3 Å². The average molecular weight is 497 g/mol. The predicted octanol–water partition coefficient (Wildman–Crippen LogP) is 4.72. The number of halogens is 1. The van der Waals surface area contributed by atoms with E-state index in [0.717, 1.165) is 11.1 Å². The molecule has 0 bridgehead atoms. The molecule has 2 aromatic carbocycles. The Hall–Kier alpha value is -1.58. The second-order valence-corrected chi connectivity index (χ2v) is 8.65. The van der Waals surface area contributed by atoms with E-state index in [1.807, 2.05) is 53.8 Å². The van der Waals surface area contributed by atoms with Crippen molar-refractivity contribution in [2.75, 3.05) is 7.11 Å². The summed E-state index contributed by atoms with van der Waals surface area (Å²) in [6.45, 7) is 2.48. The van der Waals surface area contributed by atoms with Crippen LogP contribution in [0.25, 0.3) is 6.08 Å². The van der Waals surface area contributed by atoms with E-state index in [9.17, 15) is 9.90 Å². The summed E-state index contributed by atoms with van der Waals surface area (Å²) < 4.78 is 6.38. The first kappa shape index (κ1) is 19.2. The van der Waals surface area contributed by atoms with E-state index in [1.165, 1.54) is 24.4 Å². The van der Waals surface area contributed by atoms with Crippen LogP contribution in [0.15, 0.2) is 41.3 Å². The van der Waals surface area contributed by atoms with Crippen LogP contribution >= 0.6 is 46.6 Å². The molecule has 2 aromatic rings. The van der Waals surface area contributed by atoms with Gasteiger partial charge in [-0.05, 0) is 58.9 Å². The molecule has 0 unspecified atom stereocenters. The normalized spacial score (nSPS) is 15.8.